The number of thiophene rings is 1. The van der Waals surface area contributed by atoms with Gasteiger partial charge in [-0.3, -0.25) is 9.59 Å². The minimum atomic E-state index is -3.60. The second-order valence-electron chi connectivity index (χ2n) is 7.61. The fourth-order valence-electron chi connectivity index (χ4n) is 3.80. The van der Waals surface area contributed by atoms with Gasteiger partial charge in [-0.05, 0) is 61.9 Å². The number of amides is 2. The molecule has 9 heteroatoms. The molecule has 0 aliphatic heterocycles. The van der Waals surface area contributed by atoms with E-state index in [1.54, 1.807) is 0 Å². The first-order chi connectivity index (χ1) is 14.8. The number of rotatable bonds is 9. The summed E-state index contributed by atoms with van der Waals surface area (Å²) in [5.41, 5.74) is 7.26. The van der Waals surface area contributed by atoms with Gasteiger partial charge in [0.2, 0.25) is 10.0 Å². The van der Waals surface area contributed by atoms with E-state index in [0.29, 0.717) is 29.2 Å². The van der Waals surface area contributed by atoms with Crippen LogP contribution in [0.15, 0.2) is 29.2 Å². The van der Waals surface area contributed by atoms with Gasteiger partial charge in [0.1, 0.15) is 5.00 Å². The third-order valence-corrected chi connectivity index (χ3v) is 8.71. The number of nitrogens with zero attached hydrogens (tertiary/aromatic N) is 1. The largest absolute Gasteiger partial charge is 0.365 e. The number of benzene rings is 1. The van der Waals surface area contributed by atoms with E-state index in [1.807, 2.05) is 13.8 Å². The fraction of sp³-hybridized carbons (Fsp3) is 0.455. The predicted octanol–water partition coefficient (Wildman–Crippen LogP) is 3.79. The lowest BCUT2D eigenvalue weighted by atomic mass is 9.95. The third-order valence-electron chi connectivity index (χ3n) is 5.51. The Labute approximate surface area is 187 Å². The number of nitrogens with two attached hydrogens (primary N) is 1. The number of nitrogens with one attached hydrogen (secondary N) is 1. The van der Waals surface area contributed by atoms with Crippen LogP contribution in [0.4, 0.5) is 5.00 Å². The molecule has 2 aromatic rings. The lowest BCUT2D eigenvalue weighted by Gasteiger charge is -2.20. The molecule has 0 atom stereocenters. The van der Waals surface area contributed by atoms with Crippen molar-refractivity contribution in [1.82, 2.24) is 4.31 Å². The maximum absolute atomic E-state index is 12.8. The number of fused-ring (bicyclic) bond motifs is 1. The predicted molar refractivity (Wildman–Crippen MR) is 123 cm³/mol. The van der Waals surface area contributed by atoms with Crippen LogP contribution in [-0.2, 0) is 22.9 Å². The van der Waals surface area contributed by atoms with E-state index in [1.165, 1.54) is 39.9 Å². The van der Waals surface area contributed by atoms with E-state index in [-0.39, 0.29) is 4.90 Å². The molecular weight excluding hydrogens is 434 g/mol. The molecule has 1 aliphatic carbocycles. The summed E-state index contributed by atoms with van der Waals surface area (Å²) in [5, 5.41) is 3.27. The monoisotopic (exact) mass is 463 g/mol. The normalized spacial score (nSPS) is 13.8. The van der Waals surface area contributed by atoms with Crippen LogP contribution in [0.3, 0.4) is 0 Å². The molecule has 1 aromatic heterocycles. The van der Waals surface area contributed by atoms with Gasteiger partial charge in [0.25, 0.3) is 11.8 Å². The summed E-state index contributed by atoms with van der Waals surface area (Å²) in [6.07, 6.45) is 5.43. The van der Waals surface area contributed by atoms with Gasteiger partial charge in [0.15, 0.2) is 0 Å². The molecule has 3 N–H and O–H groups in total. The molecule has 7 nitrogen and oxygen atoms in total. The second kappa shape index (κ2) is 9.93. The van der Waals surface area contributed by atoms with E-state index in [0.717, 1.165) is 49.0 Å². The number of anilines is 1. The van der Waals surface area contributed by atoms with Crippen molar-refractivity contribution in [2.24, 2.45) is 5.73 Å². The Kier molecular flexibility index (Phi) is 7.51. The molecule has 0 bridgehead atoms. The lowest BCUT2D eigenvalue weighted by Crippen LogP contribution is -2.31. The minimum absolute atomic E-state index is 0.159. The molecule has 31 heavy (non-hydrogen) atoms. The van der Waals surface area contributed by atoms with Gasteiger partial charge in [-0.15, -0.1) is 11.3 Å². The number of carbonyl (C=O) groups excluding carboxylic acids is 2. The molecule has 1 aliphatic rings. The van der Waals surface area contributed by atoms with Crippen LogP contribution < -0.4 is 11.1 Å². The first kappa shape index (κ1) is 23.4. The number of sulfonamides is 1. The maximum Gasteiger partial charge on any atom is 0.256 e. The number of hydrogen-bond donors (Lipinski definition) is 2. The molecule has 3 rings (SSSR count). The Morgan fingerprint density at radius 2 is 1.81 bits per heavy atom. The van der Waals surface area contributed by atoms with Gasteiger partial charge in [0, 0.05) is 23.5 Å². The van der Waals surface area contributed by atoms with Gasteiger partial charge in [-0.1, -0.05) is 20.3 Å². The highest BCUT2D eigenvalue weighted by atomic mass is 32.2. The molecule has 2 amide bonds. The summed E-state index contributed by atoms with van der Waals surface area (Å²) in [6, 6.07) is 5.89. The summed E-state index contributed by atoms with van der Waals surface area (Å²) >= 11 is 1.40. The Hall–Kier alpha value is -2.23. The van der Waals surface area contributed by atoms with Crippen molar-refractivity contribution < 1.29 is 18.0 Å². The SMILES string of the molecule is CCCCN(CC)S(=O)(=O)c1ccc(C(=O)Nc2sc3c(c2C(N)=O)CCCC3)cc1. The second-order valence-corrected chi connectivity index (χ2v) is 10.7. The molecule has 1 aromatic carbocycles. The van der Waals surface area contributed by atoms with Crippen LogP contribution in [0.5, 0.6) is 0 Å². The van der Waals surface area contributed by atoms with E-state index in [2.05, 4.69) is 5.32 Å². The number of primary amides is 1. The van der Waals surface area contributed by atoms with E-state index in [4.69, 9.17) is 5.73 Å². The zero-order valence-corrected chi connectivity index (χ0v) is 19.6. The first-order valence-electron chi connectivity index (χ1n) is 10.7. The molecule has 0 radical (unpaired) electrons. The van der Waals surface area contributed by atoms with E-state index >= 15 is 0 Å². The minimum Gasteiger partial charge on any atom is -0.365 e. The summed E-state index contributed by atoms with van der Waals surface area (Å²) < 4.78 is 27.1. The first-order valence-corrected chi connectivity index (χ1v) is 12.9. The Balaban J connectivity index is 1.80. The average molecular weight is 464 g/mol. The van der Waals surface area contributed by atoms with E-state index < -0.39 is 21.8 Å². The van der Waals surface area contributed by atoms with Crippen molar-refractivity contribution in [3.63, 3.8) is 0 Å². The standard InChI is InChI=1S/C22H29N3O4S2/c1-3-5-14-25(4-2)31(28,29)16-12-10-15(11-13-16)21(27)24-22-19(20(23)26)17-8-6-7-9-18(17)30-22/h10-13H,3-9,14H2,1-2H3,(H2,23,26)(H,24,27). The Morgan fingerprint density at radius 1 is 1.13 bits per heavy atom. The average Bonchev–Trinajstić information content (AvgIpc) is 3.12. The van der Waals surface area contributed by atoms with Crippen molar-refractivity contribution in [2.75, 3.05) is 18.4 Å². The van der Waals surface area contributed by atoms with Crippen LogP contribution in [0.2, 0.25) is 0 Å². The quantitative estimate of drug-likeness (QED) is 0.589. The molecule has 168 valence electrons. The molecule has 0 spiro atoms. The number of aryl methyl sites for hydroxylation is 1. The van der Waals surface area contributed by atoms with Crippen molar-refractivity contribution in [1.29, 1.82) is 0 Å². The smallest absolute Gasteiger partial charge is 0.256 e. The Bertz CT molecular complexity index is 1060. The van der Waals surface area contributed by atoms with Crippen molar-refractivity contribution in [3.05, 3.63) is 45.8 Å². The fourth-order valence-corrected chi connectivity index (χ4v) is 6.58. The molecule has 0 saturated heterocycles. The van der Waals surface area contributed by atoms with Gasteiger partial charge >= 0.3 is 0 Å². The van der Waals surface area contributed by atoms with Crippen molar-refractivity contribution >= 4 is 38.2 Å². The zero-order chi connectivity index (χ0) is 22.6. The van der Waals surface area contributed by atoms with Crippen LogP contribution in [0.25, 0.3) is 0 Å². The van der Waals surface area contributed by atoms with Crippen LogP contribution >= 0.6 is 11.3 Å². The van der Waals surface area contributed by atoms with Crippen LogP contribution in [0.1, 0.15) is 70.7 Å². The molecule has 0 saturated carbocycles. The number of carbonyl (C=O) groups is 2. The van der Waals surface area contributed by atoms with Gasteiger partial charge in [-0.25, -0.2) is 8.42 Å². The highest BCUT2D eigenvalue weighted by molar-refractivity contribution is 7.89. The summed E-state index contributed by atoms with van der Waals surface area (Å²) in [5.74, 6) is -0.939. The zero-order valence-electron chi connectivity index (χ0n) is 17.9. The highest BCUT2D eigenvalue weighted by Crippen LogP contribution is 2.38. The molecular formula is C22H29N3O4S2. The lowest BCUT2D eigenvalue weighted by molar-refractivity contribution is 0.100. The number of unbranched alkanes of at least 4 members (excludes halogenated alkanes) is 1. The topological polar surface area (TPSA) is 110 Å². The van der Waals surface area contributed by atoms with Crippen molar-refractivity contribution in [2.45, 2.75) is 57.3 Å². The third kappa shape index (κ3) is 4.99. The summed E-state index contributed by atoms with van der Waals surface area (Å²) in [6.45, 7) is 4.69. The Morgan fingerprint density at radius 3 is 2.42 bits per heavy atom. The van der Waals surface area contributed by atoms with Gasteiger partial charge in [0.05, 0.1) is 10.5 Å². The van der Waals surface area contributed by atoms with Gasteiger partial charge < -0.3 is 11.1 Å². The number of hydrogen-bond acceptors (Lipinski definition) is 5. The highest BCUT2D eigenvalue weighted by Gasteiger charge is 2.26. The van der Waals surface area contributed by atoms with Gasteiger partial charge in [-0.2, -0.15) is 4.31 Å². The molecule has 0 unspecified atom stereocenters. The van der Waals surface area contributed by atoms with Crippen LogP contribution in [-0.4, -0.2) is 37.6 Å². The van der Waals surface area contributed by atoms with E-state index in [9.17, 15) is 18.0 Å². The maximum atomic E-state index is 12.8. The molecule has 0 fully saturated rings. The summed E-state index contributed by atoms with van der Waals surface area (Å²) in [4.78, 5) is 26.0. The van der Waals surface area contributed by atoms with Crippen LogP contribution in [0, 0.1) is 0 Å². The summed E-state index contributed by atoms with van der Waals surface area (Å²) in [7, 11) is -3.60. The van der Waals surface area contributed by atoms with Crippen molar-refractivity contribution in [3.8, 4) is 0 Å². The molecule has 1 heterocycles.